The number of amides is 1. The maximum atomic E-state index is 12.5. The number of rotatable bonds is 57. The van der Waals surface area contributed by atoms with Gasteiger partial charge >= 0.3 is 0 Å². The smallest absolute Gasteiger partial charge is 0.222 e. The summed E-state index contributed by atoms with van der Waals surface area (Å²) in [7, 11) is 0. The van der Waals surface area contributed by atoms with E-state index in [1.807, 2.05) is 6.08 Å². The molecule has 0 aliphatic rings. The van der Waals surface area contributed by atoms with Crippen LogP contribution in [-0.2, 0) is 4.79 Å². The first kappa shape index (κ1) is 68.0. The first-order valence-corrected chi connectivity index (χ1v) is 31.1. The highest BCUT2D eigenvalue weighted by molar-refractivity contribution is 5.76. The van der Waals surface area contributed by atoms with Crippen LogP contribution in [0.25, 0.3) is 0 Å². The summed E-state index contributed by atoms with van der Waals surface area (Å²) in [6.45, 7) is 4.22. The molecule has 0 aromatic carbocycles. The second kappa shape index (κ2) is 59.6. The Bertz CT molecular complexity index is 1170. The molecule has 0 aliphatic carbocycles. The van der Waals surface area contributed by atoms with Crippen LogP contribution in [0.4, 0.5) is 0 Å². The minimum Gasteiger partial charge on any atom is -0.394 e. The van der Waals surface area contributed by atoms with Crippen LogP contribution in [0.1, 0.15) is 322 Å². The molecule has 0 heterocycles. The molecule has 5 nitrogen and oxygen atoms in total. The van der Waals surface area contributed by atoms with Crippen molar-refractivity contribution in [3.8, 4) is 0 Å². The number of hydrogen-bond donors (Lipinski definition) is 4. The fourth-order valence-electron chi connectivity index (χ4n) is 9.52. The minimum atomic E-state index is -0.962. The molecular weight excluding hydrogens is 859 g/mol. The lowest BCUT2D eigenvalue weighted by atomic mass is 10.0. The molecule has 0 spiro atoms. The average Bonchev–Trinajstić information content (AvgIpc) is 3.36. The van der Waals surface area contributed by atoms with Crippen LogP contribution in [-0.4, -0.2) is 46.1 Å². The predicted octanol–water partition coefficient (Wildman–Crippen LogP) is 19.7. The first-order chi connectivity index (χ1) is 34.5. The SMILES string of the molecule is CCCCCCCCCC/C=C/CC/C=C/CC/C=C/C(O)C(CO)NC(=O)CC(O)CCCCCCCCCCCCCCCCC/C=C\C/C=C\CCCCCCCCCCCCCCCCC. The van der Waals surface area contributed by atoms with E-state index < -0.39 is 18.2 Å². The third-order valence-corrected chi connectivity index (χ3v) is 14.3. The summed E-state index contributed by atoms with van der Waals surface area (Å²) in [6, 6.07) is -0.770. The molecule has 3 unspecified atom stereocenters. The Hall–Kier alpha value is -1.95. The summed E-state index contributed by atoms with van der Waals surface area (Å²) in [6.07, 6.45) is 81.6. The van der Waals surface area contributed by atoms with Gasteiger partial charge in [0.1, 0.15) is 0 Å². The van der Waals surface area contributed by atoms with E-state index in [0.717, 1.165) is 44.9 Å². The molecule has 0 aromatic heterocycles. The quantitative estimate of drug-likeness (QED) is 0.0361. The molecule has 3 atom stereocenters. The lowest BCUT2D eigenvalue weighted by molar-refractivity contribution is -0.124. The van der Waals surface area contributed by atoms with Gasteiger partial charge in [0.25, 0.3) is 0 Å². The monoisotopic (exact) mass is 980 g/mol. The van der Waals surface area contributed by atoms with E-state index in [-0.39, 0.29) is 18.9 Å². The molecule has 0 saturated heterocycles. The van der Waals surface area contributed by atoms with Crippen LogP contribution in [0.5, 0.6) is 0 Å². The van der Waals surface area contributed by atoms with Crippen molar-refractivity contribution in [2.45, 2.75) is 340 Å². The molecule has 0 rings (SSSR count). The van der Waals surface area contributed by atoms with Gasteiger partial charge in [-0.05, 0) is 77.0 Å². The van der Waals surface area contributed by atoms with Crippen LogP contribution in [0.15, 0.2) is 60.8 Å². The zero-order valence-electron chi connectivity index (χ0n) is 46.9. The van der Waals surface area contributed by atoms with Gasteiger partial charge in [-0.3, -0.25) is 4.79 Å². The van der Waals surface area contributed by atoms with Crippen molar-refractivity contribution in [3.63, 3.8) is 0 Å². The molecule has 0 fully saturated rings. The molecule has 0 bridgehead atoms. The molecular formula is C65H121NO4. The van der Waals surface area contributed by atoms with E-state index in [9.17, 15) is 20.1 Å². The molecule has 1 amide bonds. The van der Waals surface area contributed by atoms with Gasteiger partial charge in [0, 0.05) is 0 Å². The second-order valence-electron chi connectivity index (χ2n) is 21.3. The summed E-state index contributed by atoms with van der Waals surface area (Å²) in [5, 5.41) is 33.4. The zero-order valence-corrected chi connectivity index (χ0v) is 46.9. The number of hydrogen-bond acceptors (Lipinski definition) is 4. The first-order valence-electron chi connectivity index (χ1n) is 31.1. The highest BCUT2D eigenvalue weighted by Crippen LogP contribution is 2.17. The standard InChI is InChI=1S/C65H121NO4/c1-3-5-7-9-11-13-15-17-19-21-23-24-25-26-27-28-29-30-31-32-33-34-35-36-37-38-39-40-41-42-44-46-48-50-52-54-56-58-62(68)60-65(70)66-63(61-67)64(69)59-57-55-53-51-49-47-45-43-22-20-18-16-14-12-10-8-6-4-2/h22,29-30,32-33,43,49,51,57,59,62-64,67-69H,3-21,23-28,31,34-42,44-48,50,52-56,58,60-61H2,1-2H3,(H,66,70)/b30-29-,33-32-,43-22+,51-49+,59-57+. The van der Waals surface area contributed by atoms with Gasteiger partial charge in [-0.2, -0.15) is 0 Å². The van der Waals surface area contributed by atoms with Crippen molar-refractivity contribution in [3.05, 3.63) is 60.8 Å². The number of unbranched alkanes of at least 4 members (excludes halogenated alkanes) is 40. The Kier molecular flexibility index (Phi) is 58.0. The number of carbonyl (C=O) groups is 1. The maximum Gasteiger partial charge on any atom is 0.222 e. The van der Waals surface area contributed by atoms with Crippen molar-refractivity contribution in [2.75, 3.05) is 6.61 Å². The van der Waals surface area contributed by atoms with Crippen LogP contribution in [0, 0.1) is 0 Å². The lowest BCUT2D eigenvalue weighted by Crippen LogP contribution is -2.45. The third-order valence-electron chi connectivity index (χ3n) is 14.3. The predicted molar refractivity (Wildman–Crippen MR) is 310 cm³/mol. The van der Waals surface area contributed by atoms with Gasteiger partial charge in [-0.1, -0.05) is 299 Å². The molecule has 410 valence electrons. The van der Waals surface area contributed by atoms with Gasteiger partial charge in [0.05, 0.1) is 31.3 Å². The molecule has 0 aromatic rings. The van der Waals surface area contributed by atoms with E-state index in [1.165, 1.54) is 250 Å². The Morgan fingerprint density at radius 2 is 0.657 bits per heavy atom. The number of allylic oxidation sites excluding steroid dienone is 9. The van der Waals surface area contributed by atoms with Crippen LogP contribution >= 0.6 is 0 Å². The summed E-state index contributed by atoms with van der Waals surface area (Å²) in [4.78, 5) is 12.5. The Morgan fingerprint density at radius 1 is 0.371 bits per heavy atom. The zero-order chi connectivity index (χ0) is 50.7. The van der Waals surface area contributed by atoms with Gasteiger partial charge in [-0.25, -0.2) is 0 Å². The minimum absolute atomic E-state index is 0.00157. The Labute approximate surface area is 437 Å². The summed E-state index contributed by atoms with van der Waals surface area (Å²) >= 11 is 0. The van der Waals surface area contributed by atoms with Crippen LogP contribution in [0.2, 0.25) is 0 Å². The Balaban J connectivity index is 3.54. The van der Waals surface area contributed by atoms with E-state index in [4.69, 9.17) is 0 Å². The van der Waals surface area contributed by atoms with Crippen LogP contribution in [0.3, 0.4) is 0 Å². The molecule has 4 N–H and O–H groups in total. The second-order valence-corrected chi connectivity index (χ2v) is 21.3. The average molecular weight is 981 g/mol. The fourth-order valence-corrected chi connectivity index (χ4v) is 9.52. The van der Waals surface area contributed by atoms with Gasteiger partial charge in [0.2, 0.25) is 5.91 Å². The van der Waals surface area contributed by atoms with Gasteiger partial charge in [0.15, 0.2) is 0 Å². The van der Waals surface area contributed by atoms with Crippen molar-refractivity contribution in [2.24, 2.45) is 0 Å². The van der Waals surface area contributed by atoms with Crippen molar-refractivity contribution < 1.29 is 20.1 Å². The van der Waals surface area contributed by atoms with E-state index in [1.54, 1.807) is 6.08 Å². The largest absolute Gasteiger partial charge is 0.394 e. The van der Waals surface area contributed by atoms with Gasteiger partial charge < -0.3 is 20.6 Å². The summed E-state index contributed by atoms with van der Waals surface area (Å²) in [5.41, 5.74) is 0. The topological polar surface area (TPSA) is 89.8 Å². The van der Waals surface area contributed by atoms with Crippen molar-refractivity contribution >= 4 is 5.91 Å². The summed E-state index contributed by atoms with van der Waals surface area (Å²) in [5.74, 6) is -0.328. The highest BCUT2D eigenvalue weighted by atomic mass is 16.3. The normalized spacial score (nSPS) is 13.6. The molecule has 0 aliphatic heterocycles. The number of carbonyl (C=O) groups excluding carboxylic acids is 1. The van der Waals surface area contributed by atoms with E-state index >= 15 is 0 Å². The molecule has 70 heavy (non-hydrogen) atoms. The highest BCUT2D eigenvalue weighted by Gasteiger charge is 2.20. The number of aliphatic hydroxyl groups excluding tert-OH is 3. The van der Waals surface area contributed by atoms with E-state index in [2.05, 4.69) is 67.8 Å². The maximum absolute atomic E-state index is 12.5. The van der Waals surface area contributed by atoms with Crippen molar-refractivity contribution in [1.29, 1.82) is 0 Å². The number of nitrogens with one attached hydrogen (secondary N) is 1. The molecule has 5 heteroatoms. The van der Waals surface area contributed by atoms with Gasteiger partial charge in [-0.15, -0.1) is 0 Å². The Morgan fingerprint density at radius 3 is 1.00 bits per heavy atom. The summed E-state index contributed by atoms with van der Waals surface area (Å²) < 4.78 is 0. The third kappa shape index (κ3) is 55.4. The molecule has 0 saturated carbocycles. The lowest BCUT2D eigenvalue weighted by Gasteiger charge is -2.21. The number of aliphatic hydroxyl groups is 3. The molecule has 0 radical (unpaired) electrons. The van der Waals surface area contributed by atoms with Crippen LogP contribution < -0.4 is 5.32 Å². The fraction of sp³-hybridized carbons (Fsp3) is 0.831. The van der Waals surface area contributed by atoms with E-state index in [0.29, 0.717) is 6.42 Å². The van der Waals surface area contributed by atoms with Crippen molar-refractivity contribution in [1.82, 2.24) is 5.32 Å².